The third-order valence-corrected chi connectivity index (χ3v) is 3.19. The van der Waals surface area contributed by atoms with Crippen LogP contribution in [0.4, 0.5) is 4.79 Å². The van der Waals surface area contributed by atoms with Crippen molar-refractivity contribution in [1.29, 1.82) is 0 Å². The summed E-state index contributed by atoms with van der Waals surface area (Å²) in [6, 6.07) is -1.17. The summed E-state index contributed by atoms with van der Waals surface area (Å²) in [7, 11) is 0. The first-order chi connectivity index (χ1) is 8.61. The first-order valence-electron chi connectivity index (χ1n) is 6.38. The SMILES string of the molecule is CCCC(NC(=O)NCCCCCSC)C(=O)O. The minimum absolute atomic E-state index is 0.388. The largest absolute Gasteiger partial charge is 0.480 e. The van der Waals surface area contributed by atoms with Gasteiger partial charge in [0.1, 0.15) is 6.04 Å². The van der Waals surface area contributed by atoms with Crippen molar-refractivity contribution in [1.82, 2.24) is 10.6 Å². The average molecular weight is 276 g/mol. The molecule has 0 aliphatic carbocycles. The van der Waals surface area contributed by atoms with Crippen LogP contribution < -0.4 is 10.6 Å². The van der Waals surface area contributed by atoms with Crippen molar-refractivity contribution in [2.75, 3.05) is 18.6 Å². The van der Waals surface area contributed by atoms with Crippen LogP contribution in [0.2, 0.25) is 0 Å². The van der Waals surface area contributed by atoms with Gasteiger partial charge in [-0.15, -0.1) is 0 Å². The van der Waals surface area contributed by atoms with Crippen LogP contribution in [0.1, 0.15) is 39.0 Å². The normalized spacial score (nSPS) is 11.9. The van der Waals surface area contributed by atoms with E-state index < -0.39 is 12.0 Å². The van der Waals surface area contributed by atoms with E-state index in [1.54, 1.807) is 0 Å². The second-order valence-electron chi connectivity index (χ2n) is 4.13. The number of rotatable bonds is 10. The molecule has 0 aromatic heterocycles. The maximum Gasteiger partial charge on any atom is 0.326 e. The third-order valence-electron chi connectivity index (χ3n) is 2.49. The van der Waals surface area contributed by atoms with Gasteiger partial charge in [0.25, 0.3) is 0 Å². The van der Waals surface area contributed by atoms with Crippen molar-refractivity contribution in [3.8, 4) is 0 Å². The van der Waals surface area contributed by atoms with E-state index in [9.17, 15) is 9.59 Å². The van der Waals surface area contributed by atoms with E-state index in [1.165, 1.54) is 0 Å². The minimum atomic E-state index is -0.980. The van der Waals surface area contributed by atoms with Crippen molar-refractivity contribution in [3.63, 3.8) is 0 Å². The van der Waals surface area contributed by atoms with Crippen molar-refractivity contribution in [2.45, 2.75) is 45.1 Å². The van der Waals surface area contributed by atoms with Gasteiger partial charge in [-0.25, -0.2) is 9.59 Å². The van der Waals surface area contributed by atoms with Gasteiger partial charge in [-0.2, -0.15) is 11.8 Å². The number of amides is 2. The number of aliphatic carboxylic acids is 1. The molecule has 0 fully saturated rings. The number of urea groups is 1. The second kappa shape index (κ2) is 11.2. The van der Waals surface area contributed by atoms with Gasteiger partial charge in [-0.3, -0.25) is 0 Å². The molecular weight excluding hydrogens is 252 g/mol. The Morgan fingerprint density at radius 2 is 2.00 bits per heavy atom. The zero-order valence-corrected chi connectivity index (χ0v) is 12.0. The van der Waals surface area contributed by atoms with E-state index in [4.69, 9.17) is 5.11 Å². The first-order valence-corrected chi connectivity index (χ1v) is 7.77. The highest BCUT2D eigenvalue weighted by molar-refractivity contribution is 7.98. The second-order valence-corrected chi connectivity index (χ2v) is 5.12. The lowest BCUT2D eigenvalue weighted by molar-refractivity contribution is -0.139. The number of hydrogen-bond donors (Lipinski definition) is 3. The van der Waals surface area contributed by atoms with Gasteiger partial charge in [0.15, 0.2) is 0 Å². The molecule has 0 saturated carbocycles. The van der Waals surface area contributed by atoms with Crippen LogP contribution in [0, 0.1) is 0 Å². The van der Waals surface area contributed by atoms with Gasteiger partial charge in [0.2, 0.25) is 0 Å². The molecule has 0 rings (SSSR count). The molecule has 0 saturated heterocycles. The zero-order valence-electron chi connectivity index (χ0n) is 11.2. The topological polar surface area (TPSA) is 78.4 Å². The zero-order chi connectivity index (χ0) is 13.8. The quantitative estimate of drug-likeness (QED) is 0.534. The van der Waals surface area contributed by atoms with E-state index in [-0.39, 0.29) is 6.03 Å². The number of hydrogen-bond acceptors (Lipinski definition) is 3. The Morgan fingerprint density at radius 3 is 2.56 bits per heavy atom. The molecule has 0 aliphatic heterocycles. The molecule has 0 aliphatic rings. The van der Waals surface area contributed by atoms with E-state index >= 15 is 0 Å². The highest BCUT2D eigenvalue weighted by Gasteiger charge is 2.17. The van der Waals surface area contributed by atoms with Crippen LogP contribution in [0.3, 0.4) is 0 Å². The fourth-order valence-corrected chi connectivity index (χ4v) is 2.00. The average Bonchev–Trinajstić information content (AvgIpc) is 2.33. The molecule has 0 radical (unpaired) electrons. The van der Waals surface area contributed by atoms with E-state index in [0.29, 0.717) is 13.0 Å². The molecule has 0 bridgehead atoms. The van der Waals surface area contributed by atoms with Crippen LogP contribution in [-0.4, -0.2) is 41.7 Å². The van der Waals surface area contributed by atoms with E-state index in [2.05, 4.69) is 16.9 Å². The lowest BCUT2D eigenvalue weighted by Crippen LogP contribution is -2.46. The molecule has 3 N–H and O–H groups in total. The molecule has 5 nitrogen and oxygen atoms in total. The summed E-state index contributed by atoms with van der Waals surface area (Å²) in [6.45, 7) is 2.49. The molecule has 6 heteroatoms. The van der Waals surface area contributed by atoms with Crippen molar-refractivity contribution < 1.29 is 14.7 Å². The third kappa shape index (κ3) is 9.15. The summed E-state index contributed by atoms with van der Waals surface area (Å²) in [4.78, 5) is 22.3. The van der Waals surface area contributed by atoms with Gasteiger partial charge in [0, 0.05) is 6.54 Å². The molecule has 0 heterocycles. The van der Waals surface area contributed by atoms with Crippen LogP contribution in [0.25, 0.3) is 0 Å². The van der Waals surface area contributed by atoms with Crippen molar-refractivity contribution >= 4 is 23.8 Å². The molecule has 0 aromatic carbocycles. The number of carbonyl (C=O) groups is 2. The van der Waals surface area contributed by atoms with Gasteiger partial charge in [0.05, 0.1) is 0 Å². The molecule has 1 unspecified atom stereocenters. The van der Waals surface area contributed by atoms with E-state index in [1.807, 2.05) is 18.7 Å². The summed E-state index contributed by atoms with van der Waals surface area (Å²) in [5.41, 5.74) is 0. The lowest BCUT2D eigenvalue weighted by atomic mass is 10.2. The number of carboxylic acids is 1. The Balaban J connectivity index is 3.65. The number of unbranched alkanes of at least 4 members (excludes halogenated alkanes) is 2. The maximum absolute atomic E-state index is 11.4. The van der Waals surface area contributed by atoms with Crippen LogP contribution >= 0.6 is 11.8 Å². The maximum atomic E-state index is 11.4. The summed E-state index contributed by atoms with van der Waals surface area (Å²) < 4.78 is 0. The monoisotopic (exact) mass is 276 g/mol. The predicted molar refractivity (Wildman–Crippen MR) is 75.1 cm³/mol. The Kier molecular flexibility index (Phi) is 10.6. The van der Waals surface area contributed by atoms with Crippen LogP contribution in [0.15, 0.2) is 0 Å². The number of carboxylic acid groups (broad SMARTS) is 1. The van der Waals surface area contributed by atoms with E-state index in [0.717, 1.165) is 31.4 Å². The Bertz CT molecular complexity index is 249. The molecule has 106 valence electrons. The number of carbonyl (C=O) groups excluding carboxylic acids is 1. The van der Waals surface area contributed by atoms with Crippen molar-refractivity contribution in [3.05, 3.63) is 0 Å². The summed E-state index contributed by atoms with van der Waals surface area (Å²) in [5.74, 6) is 0.163. The standard InChI is InChI=1S/C12H24N2O3S/c1-3-7-10(11(15)16)14-12(17)13-8-5-4-6-9-18-2/h10H,3-9H2,1-2H3,(H,15,16)(H2,13,14,17). The molecule has 18 heavy (non-hydrogen) atoms. The molecule has 0 aromatic rings. The van der Waals surface area contributed by atoms with Gasteiger partial charge in [-0.05, 0) is 31.3 Å². The Morgan fingerprint density at radius 1 is 1.28 bits per heavy atom. The highest BCUT2D eigenvalue weighted by Crippen LogP contribution is 2.01. The van der Waals surface area contributed by atoms with Gasteiger partial charge in [-0.1, -0.05) is 19.8 Å². The summed E-state index contributed by atoms with van der Waals surface area (Å²) in [5, 5.41) is 14.0. The molecule has 1 atom stereocenters. The predicted octanol–water partition coefficient (Wildman–Crippen LogP) is 2.07. The fraction of sp³-hybridized carbons (Fsp3) is 0.833. The Labute approximate surface area is 113 Å². The summed E-state index contributed by atoms with van der Waals surface area (Å²) in [6.07, 6.45) is 6.42. The van der Waals surface area contributed by atoms with Gasteiger partial charge >= 0.3 is 12.0 Å². The summed E-state index contributed by atoms with van der Waals surface area (Å²) >= 11 is 1.82. The van der Waals surface area contributed by atoms with Crippen LogP contribution in [0.5, 0.6) is 0 Å². The van der Waals surface area contributed by atoms with Crippen molar-refractivity contribution in [2.24, 2.45) is 0 Å². The molecule has 2 amide bonds. The minimum Gasteiger partial charge on any atom is -0.480 e. The van der Waals surface area contributed by atoms with Crippen LogP contribution in [-0.2, 0) is 4.79 Å². The number of thioether (sulfide) groups is 1. The highest BCUT2D eigenvalue weighted by atomic mass is 32.2. The number of nitrogens with one attached hydrogen (secondary N) is 2. The molecule has 0 spiro atoms. The lowest BCUT2D eigenvalue weighted by Gasteiger charge is -2.14. The fourth-order valence-electron chi connectivity index (χ4n) is 1.51. The smallest absolute Gasteiger partial charge is 0.326 e. The molecular formula is C12H24N2O3S. The first kappa shape index (κ1) is 17.1. The van der Waals surface area contributed by atoms with Gasteiger partial charge < -0.3 is 15.7 Å². The Hall–Kier alpha value is -0.910.